The predicted molar refractivity (Wildman–Crippen MR) is 128 cm³/mol. The average molecular weight is 509 g/mol. The zero-order valence-electron chi connectivity index (χ0n) is 18.6. The van der Waals surface area contributed by atoms with Gasteiger partial charge in [-0.25, -0.2) is 4.79 Å². The molecule has 0 spiro atoms. The largest absolute Gasteiger partial charge is 0.480 e. The molecule has 0 aliphatic heterocycles. The van der Waals surface area contributed by atoms with Crippen LogP contribution in [0, 0.1) is 0 Å². The number of nitrogens with two attached hydrogens (primary N) is 2. The van der Waals surface area contributed by atoms with Crippen LogP contribution < -0.4 is 27.4 Å². The Labute approximate surface area is 205 Å². The quantitative estimate of drug-likeness (QED) is 0.130. The summed E-state index contributed by atoms with van der Waals surface area (Å²) >= 11 is 4.03. The highest BCUT2D eigenvalue weighted by Crippen LogP contribution is 2.19. The van der Waals surface area contributed by atoms with Gasteiger partial charge in [-0.3, -0.25) is 19.2 Å². The number of hydrogen-bond donors (Lipinski definition) is 9. The molecule has 0 saturated carbocycles. The lowest BCUT2D eigenvalue weighted by molar-refractivity contribution is -0.143. The molecule has 35 heavy (non-hydrogen) atoms. The van der Waals surface area contributed by atoms with Gasteiger partial charge < -0.3 is 42.6 Å². The molecule has 4 unspecified atom stereocenters. The third-order valence-corrected chi connectivity index (χ3v) is 5.47. The van der Waals surface area contributed by atoms with E-state index in [1.807, 2.05) is 18.2 Å². The number of fused-ring (bicyclic) bond motifs is 1. The van der Waals surface area contributed by atoms with Gasteiger partial charge in [-0.15, -0.1) is 0 Å². The zero-order chi connectivity index (χ0) is 26.1. The van der Waals surface area contributed by atoms with Crippen molar-refractivity contribution in [1.29, 1.82) is 0 Å². The number of carbonyl (C=O) groups is 5. The molecule has 0 aliphatic carbocycles. The molecule has 4 atom stereocenters. The van der Waals surface area contributed by atoms with E-state index in [1.54, 1.807) is 12.3 Å². The minimum absolute atomic E-state index is 0.000178. The highest BCUT2D eigenvalue weighted by molar-refractivity contribution is 7.80. The molecule has 1 aromatic carbocycles. The van der Waals surface area contributed by atoms with Crippen molar-refractivity contribution < 1.29 is 34.2 Å². The van der Waals surface area contributed by atoms with E-state index in [1.165, 1.54) is 0 Å². The van der Waals surface area contributed by atoms with Gasteiger partial charge in [0.15, 0.2) is 0 Å². The number of hydrogen-bond acceptors (Lipinski definition) is 8. The Hall–Kier alpha value is -3.62. The normalized spacial score (nSPS) is 14.4. The molecule has 0 saturated heterocycles. The standard InChI is InChI=1S/C21H28N6O7S/c22-12(6-17(23)29)18(30)25-14(5-10-7-24-13-4-2-1-3-11(10)13)19(31)27-16(9-35)20(32)26-15(8-28)21(33)34/h1-4,7,12,14-16,24,28,35H,5-6,8-9,22H2,(H2,23,29)(H,25,30)(H,26,32)(H,27,31)(H,33,34). The van der Waals surface area contributed by atoms with Crippen LogP contribution >= 0.6 is 12.6 Å². The third kappa shape index (κ3) is 7.70. The number of aromatic amines is 1. The van der Waals surface area contributed by atoms with Crippen LogP contribution in [0.1, 0.15) is 12.0 Å². The first kappa shape index (κ1) is 27.6. The molecule has 0 radical (unpaired) electrons. The first-order chi connectivity index (χ1) is 16.6. The molecule has 2 rings (SSSR count). The van der Waals surface area contributed by atoms with E-state index in [-0.39, 0.29) is 12.2 Å². The molecule has 1 aromatic heterocycles. The maximum Gasteiger partial charge on any atom is 0.328 e. The number of H-pyrrole nitrogens is 1. The van der Waals surface area contributed by atoms with Crippen LogP contribution in [-0.2, 0) is 30.4 Å². The lowest BCUT2D eigenvalue weighted by atomic mass is 10.0. The number of carboxylic acid groups (broad SMARTS) is 1. The Morgan fingerprint density at radius 3 is 2.17 bits per heavy atom. The number of amides is 4. The Morgan fingerprint density at radius 1 is 0.971 bits per heavy atom. The lowest BCUT2D eigenvalue weighted by Crippen LogP contribution is -2.58. The molecule has 14 heteroatoms. The molecule has 13 nitrogen and oxygen atoms in total. The average Bonchev–Trinajstić information content (AvgIpc) is 3.22. The maximum absolute atomic E-state index is 13.1. The van der Waals surface area contributed by atoms with Crippen molar-refractivity contribution in [3.05, 3.63) is 36.0 Å². The van der Waals surface area contributed by atoms with Gasteiger partial charge in [-0.1, -0.05) is 18.2 Å². The van der Waals surface area contributed by atoms with E-state index >= 15 is 0 Å². The number of aliphatic hydroxyl groups excluding tert-OH is 1. The number of rotatable bonds is 13. The van der Waals surface area contributed by atoms with Crippen LogP contribution in [0.15, 0.2) is 30.5 Å². The Kier molecular flexibility index (Phi) is 10.1. The van der Waals surface area contributed by atoms with Crippen molar-refractivity contribution >= 4 is 53.1 Å². The van der Waals surface area contributed by atoms with Crippen LogP contribution in [-0.4, -0.2) is 81.3 Å². The van der Waals surface area contributed by atoms with Crippen molar-refractivity contribution in [2.75, 3.05) is 12.4 Å². The van der Waals surface area contributed by atoms with Gasteiger partial charge in [0.05, 0.1) is 19.1 Å². The van der Waals surface area contributed by atoms with Crippen LogP contribution in [0.5, 0.6) is 0 Å². The number of aliphatic hydroxyl groups is 1. The monoisotopic (exact) mass is 508 g/mol. The summed E-state index contributed by atoms with van der Waals surface area (Å²) in [7, 11) is 0. The van der Waals surface area contributed by atoms with Gasteiger partial charge in [0, 0.05) is 29.3 Å². The first-order valence-electron chi connectivity index (χ1n) is 10.5. The van der Waals surface area contributed by atoms with E-state index in [0.717, 1.165) is 10.9 Å². The fourth-order valence-electron chi connectivity index (χ4n) is 3.24. The Morgan fingerprint density at radius 2 is 1.57 bits per heavy atom. The number of nitrogens with one attached hydrogen (secondary N) is 4. The van der Waals surface area contributed by atoms with Crippen molar-refractivity contribution in [3.63, 3.8) is 0 Å². The van der Waals surface area contributed by atoms with Crippen molar-refractivity contribution in [2.24, 2.45) is 11.5 Å². The summed E-state index contributed by atoms with van der Waals surface area (Å²) < 4.78 is 0. The number of para-hydroxylation sites is 1. The molecular weight excluding hydrogens is 480 g/mol. The summed E-state index contributed by atoms with van der Waals surface area (Å²) in [5.41, 5.74) is 12.3. The van der Waals surface area contributed by atoms with Crippen molar-refractivity contribution in [1.82, 2.24) is 20.9 Å². The summed E-state index contributed by atoms with van der Waals surface area (Å²) in [5, 5.41) is 25.9. The smallest absolute Gasteiger partial charge is 0.328 e. The van der Waals surface area contributed by atoms with Crippen LogP contribution in [0.3, 0.4) is 0 Å². The van der Waals surface area contributed by atoms with Gasteiger partial charge in [-0.05, 0) is 11.6 Å². The van der Waals surface area contributed by atoms with E-state index in [9.17, 15) is 24.0 Å². The van der Waals surface area contributed by atoms with Gasteiger partial charge in [0.2, 0.25) is 23.6 Å². The minimum Gasteiger partial charge on any atom is -0.480 e. The lowest BCUT2D eigenvalue weighted by Gasteiger charge is -2.24. The number of carbonyl (C=O) groups excluding carboxylic acids is 4. The van der Waals surface area contributed by atoms with E-state index < -0.39 is 66.8 Å². The number of carboxylic acids is 1. The summed E-state index contributed by atoms with van der Waals surface area (Å²) in [6.07, 6.45) is 1.23. The van der Waals surface area contributed by atoms with Crippen LogP contribution in [0.4, 0.5) is 0 Å². The molecule has 2 aromatic rings. The molecular formula is C21H28N6O7S. The van der Waals surface area contributed by atoms with Gasteiger partial charge in [-0.2, -0.15) is 12.6 Å². The van der Waals surface area contributed by atoms with Crippen LogP contribution in [0.2, 0.25) is 0 Å². The summed E-state index contributed by atoms with van der Waals surface area (Å²) in [4.78, 5) is 63.3. The predicted octanol–water partition coefficient (Wildman–Crippen LogP) is -2.63. The maximum atomic E-state index is 13.1. The Bertz CT molecular complexity index is 1090. The highest BCUT2D eigenvalue weighted by Gasteiger charge is 2.30. The van der Waals surface area contributed by atoms with Gasteiger partial charge >= 0.3 is 5.97 Å². The summed E-state index contributed by atoms with van der Waals surface area (Å²) in [6, 6.07) is 1.91. The third-order valence-electron chi connectivity index (χ3n) is 5.10. The van der Waals surface area contributed by atoms with Gasteiger partial charge in [0.25, 0.3) is 0 Å². The SMILES string of the molecule is NC(=O)CC(N)C(=O)NC(Cc1c[nH]c2ccccc12)C(=O)NC(CS)C(=O)NC(CO)C(=O)O. The number of primary amides is 1. The van der Waals surface area contributed by atoms with E-state index in [2.05, 4.69) is 33.6 Å². The van der Waals surface area contributed by atoms with Crippen LogP contribution in [0.25, 0.3) is 10.9 Å². The molecule has 0 aliphatic rings. The van der Waals surface area contributed by atoms with Gasteiger partial charge in [0.1, 0.15) is 18.1 Å². The van der Waals surface area contributed by atoms with E-state index in [4.69, 9.17) is 21.7 Å². The number of aromatic nitrogens is 1. The second-order valence-corrected chi connectivity index (χ2v) is 8.09. The molecule has 0 fully saturated rings. The summed E-state index contributed by atoms with van der Waals surface area (Å²) in [5.74, 6) is -4.93. The second kappa shape index (κ2) is 12.7. The molecule has 4 amide bonds. The second-order valence-electron chi connectivity index (χ2n) is 7.73. The van der Waals surface area contributed by atoms with Crippen molar-refractivity contribution in [3.8, 4) is 0 Å². The fourth-order valence-corrected chi connectivity index (χ4v) is 3.50. The molecule has 1 heterocycles. The molecule has 190 valence electrons. The topological polar surface area (TPSA) is 230 Å². The number of aliphatic carboxylic acids is 1. The first-order valence-corrected chi connectivity index (χ1v) is 11.1. The number of thiol groups is 1. The molecule has 10 N–H and O–H groups in total. The Balaban J connectivity index is 2.23. The molecule has 0 bridgehead atoms. The van der Waals surface area contributed by atoms with Crippen molar-refractivity contribution in [2.45, 2.75) is 37.0 Å². The van der Waals surface area contributed by atoms with E-state index in [0.29, 0.717) is 5.56 Å². The zero-order valence-corrected chi connectivity index (χ0v) is 19.5. The highest BCUT2D eigenvalue weighted by atomic mass is 32.1. The fraction of sp³-hybridized carbons (Fsp3) is 0.381. The number of benzene rings is 1. The summed E-state index contributed by atoms with van der Waals surface area (Å²) in [6.45, 7) is -0.856. The minimum atomic E-state index is -1.57.